The third kappa shape index (κ3) is 4.41. The second-order valence-corrected chi connectivity index (χ2v) is 9.25. The van der Waals surface area contributed by atoms with E-state index in [-0.39, 0.29) is 12.2 Å². The van der Waals surface area contributed by atoms with E-state index in [4.69, 9.17) is 10.5 Å². The molecule has 0 saturated heterocycles. The summed E-state index contributed by atoms with van der Waals surface area (Å²) in [6.45, 7) is 8.60. The molecule has 1 aliphatic heterocycles. The fraction of sp³-hybridized carbons (Fsp3) is 0.412. The number of rotatable bonds is 2. The summed E-state index contributed by atoms with van der Waals surface area (Å²) < 4.78 is 33.1. The number of imidazole rings is 1. The standard InChI is InChI=1S/C14H13F2N3O2.C3H9P/c1-14(6-17)5-11-12(13(20)21-14)19(7-18-11)8-2-3-9(15)10(16)4-8;1-4(2)3/h2-4,7H,5-6,17H2,1H3;1-3H3. The number of carbonyl (C=O) groups excluding carboxylic acids is 1. The van der Waals surface area contributed by atoms with Crippen LogP contribution >= 0.6 is 7.92 Å². The highest BCUT2D eigenvalue weighted by Gasteiger charge is 2.38. The number of nitrogens with zero attached hydrogens (tertiary/aromatic N) is 2. The van der Waals surface area contributed by atoms with Gasteiger partial charge in [-0.05, 0) is 39.1 Å². The number of esters is 1. The van der Waals surface area contributed by atoms with Gasteiger partial charge < -0.3 is 10.5 Å². The highest BCUT2D eigenvalue weighted by molar-refractivity contribution is 7.55. The van der Waals surface area contributed by atoms with Gasteiger partial charge in [0, 0.05) is 19.0 Å². The molecule has 0 fully saturated rings. The summed E-state index contributed by atoms with van der Waals surface area (Å²) in [4.78, 5) is 16.3. The van der Waals surface area contributed by atoms with Crippen LogP contribution in [0, 0.1) is 11.6 Å². The van der Waals surface area contributed by atoms with Crippen molar-refractivity contribution in [3.8, 4) is 5.69 Å². The number of ether oxygens (including phenoxy) is 1. The summed E-state index contributed by atoms with van der Waals surface area (Å²) in [6.07, 6.45) is 1.77. The zero-order valence-corrected chi connectivity index (χ0v) is 15.6. The van der Waals surface area contributed by atoms with Crippen molar-refractivity contribution in [2.45, 2.75) is 18.9 Å². The smallest absolute Gasteiger partial charge is 0.357 e. The SMILES string of the molecule is CC1(CN)Cc2ncn(-c3ccc(F)c(F)c3)c2C(=O)O1.CP(C)C. The van der Waals surface area contributed by atoms with E-state index in [0.717, 1.165) is 12.1 Å². The third-order valence-electron chi connectivity index (χ3n) is 3.53. The van der Waals surface area contributed by atoms with Crippen LogP contribution in [0.2, 0.25) is 0 Å². The Bertz CT molecular complexity index is 776. The number of halogens is 2. The summed E-state index contributed by atoms with van der Waals surface area (Å²) in [7, 11) is 0.380. The fourth-order valence-corrected chi connectivity index (χ4v) is 2.34. The molecule has 3 rings (SSSR count). The van der Waals surface area contributed by atoms with Crippen LogP contribution in [-0.4, -0.2) is 47.7 Å². The topological polar surface area (TPSA) is 70.1 Å². The molecule has 136 valence electrons. The quantitative estimate of drug-likeness (QED) is 0.653. The molecule has 0 spiro atoms. The van der Waals surface area contributed by atoms with E-state index in [2.05, 4.69) is 25.0 Å². The molecule has 0 amide bonds. The van der Waals surface area contributed by atoms with Gasteiger partial charge in [0.2, 0.25) is 0 Å². The Labute approximate surface area is 146 Å². The lowest BCUT2D eigenvalue weighted by Gasteiger charge is -2.31. The molecule has 25 heavy (non-hydrogen) atoms. The molecular formula is C17H22F2N3O2P. The Morgan fingerprint density at radius 3 is 2.52 bits per heavy atom. The molecule has 0 aliphatic carbocycles. The number of aromatic nitrogens is 2. The van der Waals surface area contributed by atoms with Crippen LogP contribution in [-0.2, 0) is 11.2 Å². The number of hydrogen-bond acceptors (Lipinski definition) is 4. The van der Waals surface area contributed by atoms with Crippen LogP contribution in [0.5, 0.6) is 0 Å². The van der Waals surface area contributed by atoms with Crippen molar-refractivity contribution in [3.05, 3.63) is 47.5 Å². The van der Waals surface area contributed by atoms with Crippen molar-refractivity contribution >= 4 is 13.9 Å². The lowest BCUT2D eigenvalue weighted by molar-refractivity contribution is -0.0125. The first-order valence-corrected chi connectivity index (χ1v) is 10.4. The highest BCUT2D eigenvalue weighted by atomic mass is 31.1. The summed E-state index contributed by atoms with van der Waals surface area (Å²) in [6, 6.07) is 3.36. The first-order valence-electron chi connectivity index (χ1n) is 7.73. The van der Waals surface area contributed by atoms with Gasteiger partial charge in [-0.3, -0.25) is 4.57 Å². The van der Waals surface area contributed by atoms with Crippen molar-refractivity contribution in [3.63, 3.8) is 0 Å². The van der Waals surface area contributed by atoms with Gasteiger partial charge in [0.05, 0.1) is 11.4 Å². The van der Waals surface area contributed by atoms with Crippen LogP contribution < -0.4 is 5.73 Å². The largest absolute Gasteiger partial charge is 0.453 e. The maximum atomic E-state index is 13.3. The molecule has 5 nitrogen and oxygen atoms in total. The minimum Gasteiger partial charge on any atom is -0.453 e. The number of cyclic esters (lactones) is 1. The van der Waals surface area contributed by atoms with E-state index in [0.29, 0.717) is 25.7 Å². The van der Waals surface area contributed by atoms with Gasteiger partial charge >= 0.3 is 5.97 Å². The minimum absolute atomic E-state index is 0.177. The molecule has 1 unspecified atom stereocenters. The average Bonchev–Trinajstić information content (AvgIpc) is 2.93. The molecule has 0 saturated carbocycles. The predicted molar refractivity (Wildman–Crippen MR) is 94.8 cm³/mol. The molecule has 1 aromatic heterocycles. The molecule has 8 heteroatoms. The summed E-state index contributed by atoms with van der Waals surface area (Å²) in [5, 5.41) is 0. The predicted octanol–water partition coefficient (Wildman–Crippen LogP) is 2.94. The first kappa shape index (κ1) is 19.5. The normalized spacial score (nSPS) is 19.1. The van der Waals surface area contributed by atoms with E-state index in [9.17, 15) is 13.6 Å². The molecule has 1 aromatic carbocycles. The Morgan fingerprint density at radius 2 is 1.96 bits per heavy atom. The Kier molecular flexibility index (Phi) is 5.91. The van der Waals surface area contributed by atoms with Gasteiger partial charge in [-0.15, -0.1) is 7.92 Å². The minimum atomic E-state index is -0.995. The number of benzene rings is 1. The zero-order chi connectivity index (χ0) is 18.8. The Hall–Kier alpha value is -1.85. The highest BCUT2D eigenvalue weighted by Crippen LogP contribution is 2.28. The molecule has 1 atom stereocenters. The molecular weight excluding hydrogens is 347 g/mol. The first-order chi connectivity index (χ1) is 11.7. The van der Waals surface area contributed by atoms with E-state index >= 15 is 0 Å². The van der Waals surface area contributed by atoms with Crippen LogP contribution in [0.25, 0.3) is 5.69 Å². The van der Waals surface area contributed by atoms with Gasteiger partial charge in [-0.25, -0.2) is 18.6 Å². The average molecular weight is 369 g/mol. The maximum Gasteiger partial charge on any atom is 0.357 e. The van der Waals surface area contributed by atoms with Crippen molar-refractivity contribution in [1.82, 2.24) is 9.55 Å². The van der Waals surface area contributed by atoms with E-state index in [1.165, 1.54) is 17.0 Å². The van der Waals surface area contributed by atoms with Crippen LogP contribution in [0.1, 0.15) is 23.1 Å². The number of carbonyl (C=O) groups is 1. The van der Waals surface area contributed by atoms with Crippen molar-refractivity contribution in [2.75, 3.05) is 26.5 Å². The Balaban J connectivity index is 0.000000511. The van der Waals surface area contributed by atoms with Crippen LogP contribution in [0.15, 0.2) is 24.5 Å². The van der Waals surface area contributed by atoms with Gasteiger partial charge in [0.25, 0.3) is 0 Å². The van der Waals surface area contributed by atoms with E-state index in [1.54, 1.807) is 6.92 Å². The Morgan fingerprint density at radius 1 is 1.32 bits per heavy atom. The monoisotopic (exact) mass is 369 g/mol. The second kappa shape index (κ2) is 7.58. The lowest BCUT2D eigenvalue weighted by Crippen LogP contribution is -2.45. The molecule has 0 bridgehead atoms. The van der Waals surface area contributed by atoms with E-state index in [1.807, 2.05) is 0 Å². The number of nitrogens with two attached hydrogens (primary N) is 1. The van der Waals surface area contributed by atoms with Gasteiger partial charge in [-0.2, -0.15) is 0 Å². The molecule has 0 radical (unpaired) electrons. The summed E-state index contributed by atoms with van der Waals surface area (Å²) in [5.41, 5.74) is 5.86. The summed E-state index contributed by atoms with van der Waals surface area (Å²) in [5.74, 6) is -2.52. The lowest BCUT2D eigenvalue weighted by atomic mass is 9.96. The third-order valence-corrected chi connectivity index (χ3v) is 3.53. The van der Waals surface area contributed by atoms with Crippen molar-refractivity contribution < 1.29 is 18.3 Å². The number of fused-ring (bicyclic) bond motifs is 1. The number of hydrogen-bond donors (Lipinski definition) is 1. The van der Waals surface area contributed by atoms with Gasteiger partial charge in [0.1, 0.15) is 11.9 Å². The molecule has 2 aromatic rings. The van der Waals surface area contributed by atoms with Crippen molar-refractivity contribution in [1.29, 1.82) is 0 Å². The molecule has 1 aliphatic rings. The van der Waals surface area contributed by atoms with Crippen molar-refractivity contribution in [2.24, 2.45) is 5.73 Å². The fourth-order valence-electron chi connectivity index (χ4n) is 2.34. The summed E-state index contributed by atoms with van der Waals surface area (Å²) >= 11 is 0. The second-order valence-electron chi connectivity index (χ2n) is 6.57. The van der Waals surface area contributed by atoms with Crippen LogP contribution in [0.3, 0.4) is 0 Å². The molecule has 2 heterocycles. The van der Waals surface area contributed by atoms with Gasteiger partial charge in [0.15, 0.2) is 17.3 Å². The zero-order valence-electron chi connectivity index (χ0n) is 14.7. The molecule has 2 N–H and O–H groups in total. The maximum absolute atomic E-state index is 13.3. The van der Waals surface area contributed by atoms with Crippen LogP contribution in [0.4, 0.5) is 8.78 Å². The van der Waals surface area contributed by atoms with Gasteiger partial charge in [-0.1, -0.05) is 0 Å². The van der Waals surface area contributed by atoms with E-state index < -0.39 is 23.2 Å².